The molecule has 1 atom stereocenters. The van der Waals surface area contributed by atoms with E-state index in [1.165, 1.54) is 19.3 Å². The Morgan fingerprint density at radius 2 is 2.12 bits per heavy atom. The number of nitrogens with zero attached hydrogens (tertiary/aromatic N) is 1. The molecule has 16 heavy (non-hydrogen) atoms. The summed E-state index contributed by atoms with van der Waals surface area (Å²) >= 11 is 0. The van der Waals surface area contributed by atoms with Crippen molar-refractivity contribution in [2.24, 2.45) is 11.3 Å². The van der Waals surface area contributed by atoms with E-state index in [9.17, 15) is 4.79 Å². The third-order valence-corrected chi connectivity index (χ3v) is 4.66. The lowest BCUT2D eigenvalue weighted by Crippen LogP contribution is -2.51. The van der Waals surface area contributed by atoms with Gasteiger partial charge in [0.25, 0.3) is 0 Å². The molecule has 1 amide bonds. The third kappa shape index (κ3) is 1.75. The normalized spacial score (nSPS) is 30.5. The molecule has 1 N–H and O–H groups in total. The van der Waals surface area contributed by atoms with Gasteiger partial charge in [-0.25, -0.2) is 0 Å². The van der Waals surface area contributed by atoms with Crippen LogP contribution in [0.25, 0.3) is 0 Å². The summed E-state index contributed by atoms with van der Waals surface area (Å²) in [7, 11) is 1.99. The Hall–Kier alpha value is -0.570. The molecule has 2 fully saturated rings. The summed E-state index contributed by atoms with van der Waals surface area (Å²) in [6, 6.07) is 0.517. The van der Waals surface area contributed by atoms with Crippen LogP contribution in [0.2, 0.25) is 0 Å². The first kappa shape index (κ1) is 11.9. The molecule has 3 heteroatoms. The maximum Gasteiger partial charge on any atom is 0.230 e. The number of amides is 1. The summed E-state index contributed by atoms with van der Waals surface area (Å²) in [5, 5.41) is 3.36. The smallest absolute Gasteiger partial charge is 0.230 e. The van der Waals surface area contributed by atoms with Crippen LogP contribution in [-0.2, 0) is 4.79 Å². The van der Waals surface area contributed by atoms with Crippen LogP contribution < -0.4 is 5.32 Å². The van der Waals surface area contributed by atoms with Crippen LogP contribution >= 0.6 is 0 Å². The Morgan fingerprint density at radius 1 is 1.44 bits per heavy atom. The molecule has 0 aromatic carbocycles. The van der Waals surface area contributed by atoms with E-state index in [0.29, 0.717) is 17.9 Å². The van der Waals surface area contributed by atoms with Crippen molar-refractivity contribution in [3.8, 4) is 0 Å². The van der Waals surface area contributed by atoms with Crippen molar-refractivity contribution in [3.05, 3.63) is 0 Å². The molecule has 1 aliphatic carbocycles. The van der Waals surface area contributed by atoms with Crippen molar-refractivity contribution in [2.45, 2.75) is 45.6 Å². The largest absolute Gasteiger partial charge is 0.342 e. The number of hydrogen-bond acceptors (Lipinski definition) is 2. The van der Waals surface area contributed by atoms with Gasteiger partial charge in [0.05, 0.1) is 5.41 Å². The van der Waals surface area contributed by atoms with E-state index in [4.69, 9.17) is 0 Å². The summed E-state index contributed by atoms with van der Waals surface area (Å²) in [6.45, 7) is 6.21. The minimum atomic E-state index is -0.135. The molecule has 1 heterocycles. The van der Waals surface area contributed by atoms with Crippen molar-refractivity contribution in [1.29, 1.82) is 0 Å². The van der Waals surface area contributed by atoms with Crippen LogP contribution in [0.3, 0.4) is 0 Å². The van der Waals surface area contributed by atoms with Gasteiger partial charge in [-0.1, -0.05) is 13.8 Å². The highest BCUT2D eigenvalue weighted by Crippen LogP contribution is 2.38. The molecule has 0 spiro atoms. The second-order valence-electron chi connectivity index (χ2n) is 5.74. The van der Waals surface area contributed by atoms with Crippen LogP contribution in [0.1, 0.15) is 39.5 Å². The molecule has 92 valence electrons. The maximum atomic E-state index is 12.6. The number of hydrogen-bond donors (Lipinski definition) is 1. The van der Waals surface area contributed by atoms with E-state index in [1.54, 1.807) is 0 Å². The van der Waals surface area contributed by atoms with Crippen molar-refractivity contribution >= 4 is 5.91 Å². The molecule has 0 aromatic rings. The van der Waals surface area contributed by atoms with Crippen LogP contribution in [0, 0.1) is 11.3 Å². The van der Waals surface area contributed by atoms with Gasteiger partial charge in [-0.05, 0) is 38.1 Å². The van der Waals surface area contributed by atoms with Crippen LogP contribution in [0.4, 0.5) is 0 Å². The highest BCUT2D eigenvalue weighted by molar-refractivity contribution is 5.84. The first-order valence-corrected chi connectivity index (χ1v) is 6.56. The Balaban J connectivity index is 2.10. The van der Waals surface area contributed by atoms with Crippen LogP contribution in [0.15, 0.2) is 0 Å². The van der Waals surface area contributed by atoms with Crippen molar-refractivity contribution in [2.75, 3.05) is 20.1 Å². The van der Waals surface area contributed by atoms with Gasteiger partial charge in [-0.3, -0.25) is 4.79 Å². The minimum absolute atomic E-state index is 0.135. The summed E-state index contributed by atoms with van der Waals surface area (Å²) in [5.41, 5.74) is -0.135. The Kier molecular flexibility index (Phi) is 3.24. The molecule has 2 aliphatic rings. The highest BCUT2D eigenvalue weighted by atomic mass is 16.2. The fourth-order valence-electron chi connectivity index (χ4n) is 2.92. The number of nitrogens with one attached hydrogen (secondary N) is 1. The molecule has 0 aromatic heterocycles. The van der Waals surface area contributed by atoms with Gasteiger partial charge < -0.3 is 10.2 Å². The molecule has 0 bridgehead atoms. The topological polar surface area (TPSA) is 32.3 Å². The van der Waals surface area contributed by atoms with Gasteiger partial charge in [0.15, 0.2) is 0 Å². The lowest BCUT2D eigenvalue weighted by atomic mass is 9.74. The van der Waals surface area contributed by atoms with E-state index >= 15 is 0 Å². The minimum Gasteiger partial charge on any atom is -0.342 e. The monoisotopic (exact) mass is 224 g/mol. The Labute approximate surface area is 98.6 Å². The van der Waals surface area contributed by atoms with Crippen molar-refractivity contribution < 1.29 is 4.79 Å². The van der Waals surface area contributed by atoms with Gasteiger partial charge in [-0.15, -0.1) is 0 Å². The third-order valence-electron chi connectivity index (χ3n) is 4.66. The predicted molar refractivity (Wildman–Crippen MR) is 65.2 cm³/mol. The zero-order valence-electron chi connectivity index (χ0n) is 10.8. The first-order valence-electron chi connectivity index (χ1n) is 6.56. The second-order valence-corrected chi connectivity index (χ2v) is 5.74. The summed E-state index contributed by atoms with van der Waals surface area (Å²) in [5.74, 6) is 0.801. The van der Waals surface area contributed by atoms with Crippen molar-refractivity contribution in [1.82, 2.24) is 10.2 Å². The molecule has 1 saturated carbocycles. The summed E-state index contributed by atoms with van der Waals surface area (Å²) in [4.78, 5) is 14.7. The van der Waals surface area contributed by atoms with Crippen molar-refractivity contribution in [3.63, 3.8) is 0 Å². The van der Waals surface area contributed by atoms with Gasteiger partial charge in [0, 0.05) is 19.6 Å². The van der Waals surface area contributed by atoms with Crippen LogP contribution in [-0.4, -0.2) is 37.0 Å². The van der Waals surface area contributed by atoms with E-state index in [-0.39, 0.29) is 5.41 Å². The SMILES string of the molecule is CC(C)C1(C(=O)N(C)C2CCC2)CCNC1. The second kappa shape index (κ2) is 4.36. The van der Waals surface area contributed by atoms with Gasteiger partial charge >= 0.3 is 0 Å². The molecule has 2 rings (SSSR count). The molecular weight excluding hydrogens is 200 g/mol. The predicted octanol–water partition coefficient (Wildman–Crippen LogP) is 1.63. The van der Waals surface area contributed by atoms with E-state index in [2.05, 4.69) is 19.2 Å². The lowest BCUT2D eigenvalue weighted by molar-refractivity contribution is -0.146. The molecule has 1 saturated heterocycles. The zero-order valence-corrected chi connectivity index (χ0v) is 10.8. The summed E-state index contributed by atoms with van der Waals surface area (Å²) < 4.78 is 0. The van der Waals surface area contributed by atoms with Gasteiger partial charge in [0.1, 0.15) is 0 Å². The maximum absolute atomic E-state index is 12.6. The zero-order chi connectivity index (χ0) is 11.8. The van der Waals surface area contributed by atoms with Gasteiger partial charge in [-0.2, -0.15) is 0 Å². The molecular formula is C13H24N2O. The summed E-state index contributed by atoms with van der Waals surface area (Å²) in [6.07, 6.45) is 4.68. The molecule has 3 nitrogen and oxygen atoms in total. The van der Waals surface area contributed by atoms with E-state index in [0.717, 1.165) is 19.5 Å². The lowest BCUT2D eigenvalue weighted by Gasteiger charge is -2.41. The number of carbonyl (C=O) groups excluding carboxylic acids is 1. The number of carbonyl (C=O) groups is 1. The number of rotatable bonds is 3. The van der Waals surface area contributed by atoms with E-state index < -0.39 is 0 Å². The highest BCUT2D eigenvalue weighted by Gasteiger charge is 2.46. The Morgan fingerprint density at radius 3 is 2.50 bits per heavy atom. The average molecular weight is 224 g/mol. The quantitative estimate of drug-likeness (QED) is 0.790. The molecule has 1 aliphatic heterocycles. The fraction of sp³-hybridized carbons (Fsp3) is 0.923. The Bertz CT molecular complexity index is 265. The fourth-order valence-corrected chi connectivity index (χ4v) is 2.92. The first-order chi connectivity index (χ1) is 7.58. The van der Waals surface area contributed by atoms with Gasteiger partial charge in [0.2, 0.25) is 5.91 Å². The van der Waals surface area contributed by atoms with Crippen LogP contribution in [0.5, 0.6) is 0 Å². The molecule has 0 radical (unpaired) electrons. The standard InChI is InChI=1S/C13H24N2O/c1-10(2)13(7-8-14-9-13)12(16)15(3)11-5-4-6-11/h10-11,14H,4-9H2,1-3H3. The van der Waals surface area contributed by atoms with E-state index in [1.807, 2.05) is 11.9 Å². The molecule has 1 unspecified atom stereocenters. The average Bonchev–Trinajstić information content (AvgIpc) is 2.63.